The van der Waals surface area contributed by atoms with Crippen molar-refractivity contribution < 1.29 is 27.6 Å². The van der Waals surface area contributed by atoms with E-state index in [9.17, 15) is 32.3 Å². The van der Waals surface area contributed by atoms with Gasteiger partial charge in [0.05, 0.1) is 22.2 Å². The number of nitrogens with zero attached hydrogens (tertiary/aromatic N) is 2. The number of alkyl halides is 3. The molecule has 0 aliphatic carbocycles. The maximum atomic E-state index is 13.9. The molecule has 6 rings (SSSR count). The third-order valence-corrected chi connectivity index (χ3v) is 10.2. The predicted octanol–water partition coefficient (Wildman–Crippen LogP) is 6.67. The van der Waals surface area contributed by atoms with E-state index in [1.54, 1.807) is 48.5 Å². The number of benzene rings is 3. The molecule has 14 heteroatoms. The zero-order valence-corrected chi connectivity index (χ0v) is 24.7. The van der Waals surface area contributed by atoms with Gasteiger partial charge in [-0.05, 0) is 60.2 Å². The van der Waals surface area contributed by atoms with Crippen LogP contribution in [0.25, 0.3) is 0 Å². The molecule has 0 unspecified atom stereocenters. The van der Waals surface area contributed by atoms with Crippen molar-refractivity contribution in [3.05, 3.63) is 109 Å². The van der Waals surface area contributed by atoms with Crippen molar-refractivity contribution in [2.45, 2.75) is 28.9 Å². The SMILES string of the molecule is O=C(Cn1c2c(sc1=O)[C@@H](c1ccc(Cl)cc1)[C@H]1C(=O)N(c3ccc(Cl)cc3)C(=O)[C@H]1S2)Nc1cccc(C(F)(F)F)c1. The van der Waals surface area contributed by atoms with Crippen LogP contribution < -0.4 is 15.1 Å². The average Bonchev–Trinajstić information content (AvgIpc) is 3.40. The number of fused-ring (bicyclic) bond motifs is 2. The minimum Gasteiger partial charge on any atom is -0.325 e. The highest BCUT2D eigenvalue weighted by Gasteiger charge is 2.56. The van der Waals surface area contributed by atoms with Crippen LogP contribution in [-0.4, -0.2) is 27.5 Å². The zero-order valence-electron chi connectivity index (χ0n) is 21.6. The maximum absolute atomic E-state index is 13.9. The summed E-state index contributed by atoms with van der Waals surface area (Å²) in [5.41, 5.74) is -0.0105. The van der Waals surface area contributed by atoms with E-state index in [0.29, 0.717) is 31.2 Å². The number of thiazole rings is 1. The summed E-state index contributed by atoms with van der Waals surface area (Å²) >= 11 is 14.0. The Morgan fingerprint density at radius 2 is 1.56 bits per heavy atom. The van der Waals surface area contributed by atoms with E-state index < -0.39 is 58.0 Å². The standard InChI is InChI=1S/C29H18Cl2F3N3O4S2/c30-16-6-4-14(5-7-16)21-22-23(26(40)37(25(22)39)19-10-8-17(31)9-11-19)42-27-24(21)43-28(41)36(27)13-20(38)35-18-3-1-2-15(12-18)29(32,33)34/h1-12,21-23H,13H2,(H,35,38)/t21-,22+,23-/m0/s1. The van der Waals surface area contributed by atoms with E-state index in [1.165, 1.54) is 16.7 Å². The fourth-order valence-electron chi connectivity index (χ4n) is 5.25. The molecule has 3 aromatic carbocycles. The zero-order chi connectivity index (χ0) is 30.6. The Kier molecular flexibility index (Phi) is 7.66. The normalized spacial score (nSPS) is 19.7. The smallest absolute Gasteiger partial charge is 0.325 e. The highest BCUT2D eigenvalue weighted by molar-refractivity contribution is 8.00. The Morgan fingerprint density at radius 3 is 2.21 bits per heavy atom. The van der Waals surface area contributed by atoms with E-state index in [2.05, 4.69) is 5.32 Å². The Labute approximate surface area is 260 Å². The van der Waals surface area contributed by atoms with Gasteiger partial charge in [-0.2, -0.15) is 13.2 Å². The summed E-state index contributed by atoms with van der Waals surface area (Å²) in [6.07, 6.45) is -4.60. The van der Waals surface area contributed by atoms with Gasteiger partial charge in [-0.15, -0.1) is 0 Å². The quantitative estimate of drug-likeness (QED) is 0.241. The van der Waals surface area contributed by atoms with Crippen LogP contribution in [0.4, 0.5) is 24.5 Å². The predicted molar refractivity (Wildman–Crippen MR) is 159 cm³/mol. The van der Waals surface area contributed by atoms with Crippen molar-refractivity contribution >= 4 is 75.4 Å². The van der Waals surface area contributed by atoms with Gasteiger partial charge in [-0.1, -0.05) is 64.5 Å². The lowest BCUT2D eigenvalue weighted by Gasteiger charge is -2.30. The van der Waals surface area contributed by atoms with Crippen molar-refractivity contribution in [1.29, 1.82) is 0 Å². The van der Waals surface area contributed by atoms with E-state index in [-0.39, 0.29) is 5.69 Å². The van der Waals surface area contributed by atoms with Crippen molar-refractivity contribution in [3.63, 3.8) is 0 Å². The second kappa shape index (κ2) is 11.2. The molecule has 1 fully saturated rings. The summed E-state index contributed by atoms with van der Waals surface area (Å²) in [6, 6.07) is 17.2. The van der Waals surface area contributed by atoms with Crippen LogP contribution in [0.2, 0.25) is 10.0 Å². The van der Waals surface area contributed by atoms with Crippen molar-refractivity contribution in [1.82, 2.24) is 4.57 Å². The summed E-state index contributed by atoms with van der Waals surface area (Å²) in [5.74, 6) is -3.20. The lowest BCUT2D eigenvalue weighted by Crippen LogP contribution is -2.33. The van der Waals surface area contributed by atoms with Crippen LogP contribution >= 0.6 is 46.3 Å². The number of halogens is 5. The Bertz CT molecular complexity index is 1820. The first-order valence-electron chi connectivity index (χ1n) is 12.7. The summed E-state index contributed by atoms with van der Waals surface area (Å²) in [7, 11) is 0. The second-order valence-electron chi connectivity index (χ2n) is 9.83. The molecule has 4 aromatic rings. The molecule has 3 atom stereocenters. The Morgan fingerprint density at radius 1 is 0.907 bits per heavy atom. The summed E-state index contributed by atoms with van der Waals surface area (Å²) in [4.78, 5) is 54.9. The van der Waals surface area contributed by atoms with Crippen LogP contribution in [0.1, 0.15) is 21.9 Å². The maximum Gasteiger partial charge on any atom is 0.416 e. The topological polar surface area (TPSA) is 88.5 Å². The van der Waals surface area contributed by atoms with Gasteiger partial charge >= 0.3 is 11.0 Å². The molecule has 7 nitrogen and oxygen atoms in total. The summed E-state index contributed by atoms with van der Waals surface area (Å²) in [6.45, 7) is -0.512. The molecule has 0 saturated carbocycles. The number of amides is 3. The number of anilines is 2. The molecular weight excluding hydrogens is 646 g/mol. The van der Waals surface area contributed by atoms with Crippen LogP contribution in [0.3, 0.4) is 0 Å². The Hall–Kier alpha value is -3.58. The number of hydrogen-bond donors (Lipinski definition) is 1. The van der Waals surface area contributed by atoms with E-state index in [4.69, 9.17) is 23.2 Å². The van der Waals surface area contributed by atoms with Gasteiger partial charge in [0.25, 0.3) is 0 Å². The van der Waals surface area contributed by atoms with Crippen molar-refractivity contribution in [2.75, 3.05) is 10.2 Å². The molecule has 1 aromatic heterocycles. The van der Waals surface area contributed by atoms with Gasteiger partial charge in [0.1, 0.15) is 11.8 Å². The number of rotatable bonds is 5. The number of imide groups is 1. The summed E-state index contributed by atoms with van der Waals surface area (Å²) < 4.78 is 40.6. The van der Waals surface area contributed by atoms with E-state index in [0.717, 1.165) is 40.1 Å². The third-order valence-electron chi connectivity index (χ3n) is 7.14. The minimum atomic E-state index is -4.60. The van der Waals surface area contributed by atoms with Gasteiger partial charge in [-0.25, -0.2) is 4.90 Å². The van der Waals surface area contributed by atoms with Crippen LogP contribution in [0.5, 0.6) is 0 Å². The molecule has 2 aliphatic rings. The first kappa shape index (κ1) is 29.5. The molecule has 2 aliphatic heterocycles. The molecule has 1 saturated heterocycles. The number of aromatic nitrogens is 1. The number of carbonyl (C=O) groups excluding carboxylic acids is 3. The van der Waals surface area contributed by atoms with Crippen LogP contribution in [0.15, 0.2) is 82.6 Å². The molecule has 1 N–H and O–H groups in total. The first-order valence-corrected chi connectivity index (χ1v) is 15.1. The monoisotopic (exact) mass is 663 g/mol. The first-order chi connectivity index (χ1) is 20.4. The second-order valence-corrected chi connectivity index (χ2v) is 12.8. The van der Waals surface area contributed by atoms with Crippen molar-refractivity contribution in [3.8, 4) is 0 Å². The fourth-order valence-corrected chi connectivity index (χ4v) is 8.27. The van der Waals surface area contributed by atoms with E-state index in [1.807, 2.05) is 0 Å². The molecule has 0 radical (unpaired) electrons. The van der Waals surface area contributed by atoms with Crippen LogP contribution in [0, 0.1) is 5.92 Å². The molecule has 0 spiro atoms. The molecule has 3 amide bonds. The molecule has 3 heterocycles. The highest BCUT2D eigenvalue weighted by atomic mass is 35.5. The summed E-state index contributed by atoms with van der Waals surface area (Å²) in [5, 5.41) is 2.73. The van der Waals surface area contributed by atoms with E-state index >= 15 is 0 Å². The molecular formula is C29H18Cl2F3N3O4S2. The number of nitrogens with one attached hydrogen (secondary N) is 1. The van der Waals surface area contributed by atoms with Crippen LogP contribution in [-0.2, 0) is 27.1 Å². The molecule has 43 heavy (non-hydrogen) atoms. The lowest BCUT2D eigenvalue weighted by atomic mass is 9.83. The van der Waals surface area contributed by atoms with Gasteiger partial charge in [0.15, 0.2) is 0 Å². The van der Waals surface area contributed by atoms with Gasteiger partial charge < -0.3 is 5.32 Å². The average molecular weight is 665 g/mol. The number of hydrogen-bond acceptors (Lipinski definition) is 6. The number of thioether (sulfide) groups is 1. The lowest BCUT2D eigenvalue weighted by molar-refractivity contribution is -0.137. The molecule has 0 bridgehead atoms. The van der Waals surface area contributed by atoms with Gasteiger partial charge in [0.2, 0.25) is 17.7 Å². The Balaban J connectivity index is 1.37. The number of carbonyl (C=O) groups is 3. The fraction of sp³-hybridized carbons (Fsp3) is 0.172. The largest absolute Gasteiger partial charge is 0.416 e. The van der Waals surface area contributed by atoms with Gasteiger partial charge in [0, 0.05) is 26.5 Å². The van der Waals surface area contributed by atoms with Gasteiger partial charge in [-0.3, -0.25) is 23.7 Å². The minimum absolute atomic E-state index is 0.0843. The molecule has 220 valence electrons. The third kappa shape index (κ3) is 5.48. The van der Waals surface area contributed by atoms with Crippen molar-refractivity contribution in [2.24, 2.45) is 5.92 Å². The highest BCUT2D eigenvalue weighted by Crippen LogP contribution is 2.54.